The van der Waals surface area contributed by atoms with Crippen LogP contribution in [0.2, 0.25) is 0 Å². The Morgan fingerprint density at radius 3 is 2.54 bits per heavy atom. The number of piperidine rings is 1. The van der Waals surface area contributed by atoms with Crippen molar-refractivity contribution >= 4 is 16.5 Å². The Labute approximate surface area is 148 Å². The Morgan fingerprint density at radius 2 is 1.79 bits per heavy atom. The van der Waals surface area contributed by atoms with Gasteiger partial charge in [0.1, 0.15) is 0 Å². The maximum absolute atomic E-state index is 5.06. The minimum absolute atomic E-state index is 0.0789. The molecule has 1 aliphatic heterocycles. The number of nitrogens with one attached hydrogen (secondary N) is 2. The largest absolute Gasteiger partial charge is 0.359 e. The van der Waals surface area contributed by atoms with Crippen LogP contribution in [0.15, 0.2) is 35.7 Å². The van der Waals surface area contributed by atoms with Crippen LogP contribution in [-0.4, -0.2) is 24.1 Å². The molecule has 2 aliphatic rings. The lowest BCUT2D eigenvalue weighted by Gasteiger charge is -2.37. The number of hydrogen-bond acceptors (Lipinski definition) is 4. The van der Waals surface area contributed by atoms with E-state index in [2.05, 4.69) is 46.3 Å². The zero-order valence-corrected chi connectivity index (χ0v) is 15.1. The summed E-state index contributed by atoms with van der Waals surface area (Å²) < 4.78 is 0. The van der Waals surface area contributed by atoms with E-state index in [1.54, 1.807) is 11.3 Å². The van der Waals surface area contributed by atoms with Gasteiger partial charge in [-0.1, -0.05) is 49.6 Å². The fourth-order valence-electron chi connectivity index (χ4n) is 4.28. The van der Waals surface area contributed by atoms with E-state index in [0.717, 1.165) is 31.1 Å². The van der Waals surface area contributed by atoms with E-state index in [4.69, 9.17) is 4.98 Å². The maximum atomic E-state index is 5.06. The highest BCUT2D eigenvalue weighted by molar-refractivity contribution is 7.13. The first-order chi connectivity index (χ1) is 11.9. The second-order valence-electron chi connectivity index (χ2n) is 7.22. The third kappa shape index (κ3) is 3.22. The Bertz CT molecular complexity index is 640. The van der Waals surface area contributed by atoms with Crippen molar-refractivity contribution in [3.8, 4) is 0 Å². The summed E-state index contributed by atoms with van der Waals surface area (Å²) in [6, 6.07) is 11.6. The molecule has 4 heteroatoms. The molecule has 4 rings (SSSR count). The van der Waals surface area contributed by atoms with Gasteiger partial charge in [0.25, 0.3) is 0 Å². The van der Waals surface area contributed by atoms with Crippen molar-refractivity contribution < 1.29 is 0 Å². The fraction of sp³-hybridized carbons (Fsp3) is 0.550. The number of thiazole rings is 1. The molecule has 1 aliphatic carbocycles. The van der Waals surface area contributed by atoms with Crippen LogP contribution >= 0.6 is 11.3 Å². The summed E-state index contributed by atoms with van der Waals surface area (Å²) >= 11 is 1.79. The smallest absolute Gasteiger partial charge is 0.183 e. The molecule has 1 aromatic heterocycles. The van der Waals surface area contributed by atoms with E-state index < -0.39 is 0 Å². The molecule has 0 atom stereocenters. The van der Waals surface area contributed by atoms with Crippen molar-refractivity contribution in [2.45, 2.75) is 56.4 Å². The molecule has 24 heavy (non-hydrogen) atoms. The molecule has 1 saturated heterocycles. The lowest BCUT2D eigenvalue weighted by molar-refractivity contribution is 0.356. The number of anilines is 1. The van der Waals surface area contributed by atoms with E-state index in [-0.39, 0.29) is 5.41 Å². The summed E-state index contributed by atoms with van der Waals surface area (Å²) in [6.45, 7) is 2.13. The molecule has 1 saturated carbocycles. The van der Waals surface area contributed by atoms with Crippen molar-refractivity contribution in [1.82, 2.24) is 10.3 Å². The normalized spacial score (nSPS) is 21.5. The quantitative estimate of drug-likeness (QED) is 0.856. The molecule has 0 radical (unpaired) electrons. The van der Waals surface area contributed by atoms with Gasteiger partial charge in [-0.3, -0.25) is 0 Å². The molecule has 2 heterocycles. The van der Waals surface area contributed by atoms with Crippen molar-refractivity contribution in [2.75, 3.05) is 18.4 Å². The van der Waals surface area contributed by atoms with Crippen molar-refractivity contribution in [3.05, 3.63) is 47.0 Å². The average Bonchev–Trinajstić information content (AvgIpc) is 3.13. The maximum Gasteiger partial charge on any atom is 0.183 e. The highest BCUT2D eigenvalue weighted by Gasteiger charge is 2.37. The predicted octanol–water partition coefficient (Wildman–Crippen LogP) is 4.56. The van der Waals surface area contributed by atoms with Crippen LogP contribution in [0.25, 0.3) is 0 Å². The summed E-state index contributed by atoms with van der Waals surface area (Å²) in [4.78, 5) is 5.06. The lowest BCUT2D eigenvalue weighted by Crippen LogP contribution is -2.41. The number of benzene rings is 1. The van der Waals surface area contributed by atoms with E-state index in [9.17, 15) is 0 Å². The molecular weight excluding hydrogens is 314 g/mol. The standard InChI is InChI=1S/C20H27N3S/c1-3-7-16(8-4-1)20(11-13-21-14-12-20)18-15-24-19(23-18)22-17-9-5-2-6-10-17/h1,3-4,7-8,15,17,21H,2,5-6,9-14H2,(H,22,23). The van der Waals surface area contributed by atoms with Gasteiger partial charge in [0.2, 0.25) is 0 Å². The van der Waals surface area contributed by atoms with E-state index in [1.807, 2.05) is 0 Å². The van der Waals surface area contributed by atoms with Crippen LogP contribution in [0.3, 0.4) is 0 Å². The Kier molecular flexibility index (Phi) is 4.86. The Balaban J connectivity index is 1.59. The first-order valence-electron chi connectivity index (χ1n) is 9.36. The molecule has 0 spiro atoms. The van der Waals surface area contributed by atoms with E-state index >= 15 is 0 Å². The molecule has 2 aromatic rings. The lowest BCUT2D eigenvalue weighted by atomic mass is 9.71. The van der Waals surface area contributed by atoms with Crippen LogP contribution < -0.4 is 10.6 Å². The molecule has 2 fully saturated rings. The van der Waals surface area contributed by atoms with E-state index in [1.165, 1.54) is 43.4 Å². The van der Waals surface area contributed by atoms with Crippen LogP contribution in [0, 0.1) is 0 Å². The zero-order valence-electron chi connectivity index (χ0n) is 14.3. The van der Waals surface area contributed by atoms with Gasteiger partial charge < -0.3 is 10.6 Å². The second-order valence-corrected chi connectivity index (χ2v) is 8.07. The number of hydrogen-bond donors (Lipinski definition) is 2. The first-order valence-corrected chi connectivity index (χ1v) is 10.2. The summed E-state index contributed by atoms with van der Waals surface area (Å²) in [5.74, 6) is 0. The molecule has 2 N–H and O–H groups in total. The second kappa shape index (κ2) is 7.24. The van der Waals surface area contributed by atoms with Gasteiger partial charge in [-0.2, -0.15) is 0 Å². The van der Waals surface area contributed by atoms with Crippen LogP contribution in [0.4, 0.5) is 5.13 Å². The Morgan fingerprint density at radius 1 is 1.04 bits per heavy atom. The van der Waals surface area contributed by atoms with E-state index in [0.29, 0.717) is 6.04 Å². The summed E-state index contributed by atoms with van der Waals surface area (Å²) in [5, 5.41) is 10.6. The number of rotatable bonds is 4. The summed E-state index contributed by atoms with van der Waals surface area (Å²) in [6.07, 6.45) is 8.95. The SMILES string of the molecule is c1ccc(C2(c3csc(NC4CCCCC4)n3)CCNCC2)cc1. The molecular formula is C20H27N3S. The molecule has 0 bridgehead atoms. The van der Waals surface area contributed by atoms with Gasteiger partial charge in [-0.25, -0.2) is 4.98 Å². The highest BCUT2D eigenvalue weighted by Crippen LogP contribution is 2.41. The van der Waals surface area contributed by atoms with Crippen molar-refractivity contribution in [3.63, 3.8) is 0 Å². The minimum Gasteiger partial charge on any atom is -0.359 e. The van der Waals surface area contributed by atoms with Crippen molar-refractivity contribution in [1.29, 1.82) is 0 Å². The van der Waals surface area contributed by atoms with Crippen molar-refractivity contribution in [2.24, 2.45) is 0 Å². The summed E-state index contributed by atoms with van der Waals surface area (Å²) in [5.41, 5.74) is 2.76. The first kappa shape index (κ1) is 16.1. The predicted molar refractivity (Wildman–Crippen MR) is 102 cm³/mol. The van der Waals surface area contributed by atoms with Crippen LogP contribution in [0.5, 0.6) is 0 Å². The Hall–Kier alpha value is -1.39. The van der Waals surface area contributed by atoms with Gasteiger partial charge in [0.05, 0.1) is 5.69 Å². The summed E-state index contributed by atoms with van der Waals surface area (Å²) in [7, 11) is 0. The monoisotopic (exact) mass is 341 g/mol. The fourth-order valence-corrected chi connectivity index (χ4v) is 5.17. The molecule has 3 nitrogen and oxygen atoms in total. The third-order valence-corrected chi connectivity index (χ3v) is 6.48. The molecule has 0 unspecified atom stereocenters. The van der Waals surface area contributed by atoms with Gasteiger partial charge in [-0.15, -0.1) is 11.3 Å². The molecule has 0 amide bonds. The third-order valence-electron chi connectivity index (χ3n) is 5.71. The van der Waals surface area contributed by atoms with Crippen LogP contribution in [0.1, 0.15) is 56.2 Å². The highest BCUT2D eigenvalue weighted by atomic mass is 32.1. The topological polar surface area (TPSA) is 37.0 Å². The number of nitrogens with zero attached hydrogens (tertiary/aromatic N) is 1. The van der Waals surface area contributed by atoms with Gasteiger partial charge in [-0.05, 0) is 44.3 Å². The van der Waals surface area contributed by atoms with Gasteiger partial charge in [0.15, 0.2) is 5.13 Å². The molecule has 1 aromatic carbocycles. The van der Waals surface area contributed by atoms with Gasteiger partial charge >= 0.3 is 0 Å². The average molecular weight is 342 g/mol. The minimum atomic E-state index is 0.0789. The molecule has 128 valence electrons. The van der Waals surface area contributed by atoms with Crippen LogP contribution in [-0.2, 0) is 5.41 Å². The zero-order chi connectivity index (χ0) is 16.2. The number of aromatic nitrogens is 1. The van der Waals surface area contributed by atoms with Gasteiger partial charge in [0, 0.05) is 16.8 Å².